The summed E-state index contributed by atoms with van der Waals surface area (Å²) < 4.78 is 5.74. The van der Waals surface area contributed by atoms with Crippen molar-refractivity contribution in [3.8, 4) is 11.3 Å². The molecule has 0 bridgehead atoms. The Morgan fingerprint density at radius 3 is 2.58 bits per heavy atom. The number of para-hydroxylation sites is 1. The summed E-state index contributed by atoms with van der Waals surface area (Å²) in [5, 5.41) is 2.92. The minimum absolute atomic E-state index is 0.0422. The molecule has 4 nitrogen and oxygen atoms in total. The van der Waals surface area contributed by atoms with E-state index in [-0.39, 0.29) is 5.91 Å². The molecule has 24 heavy (non-hydrogen) atoms. The Kier molecular flexibility index (Phi) is 4.75. The third-order valence-electron chi connectivity index (χ3n) is 3.87. The third kappa shape index (κ3) is 3.90. The van der Waals surface area contributed by atoms with Crippen LogP contribution in [0.15, 0.2) is 59.1 Å². The van der Waals surface area contributed by atoms with Crippen molar-refractivity contribution < 1.29 is 9.21 Å². The summed E-state index contributed by atoms with van der Waals surface area (Å²) in [4.78, 5) is 16.3. The molecule has 2 aromatic carbocycles. The molecule has 0 aliphatic carbocycles. The first-order valence-corrected chi connectivity index (χ1v) is 7.99. The average molecular weight is 320 g/mol. The minimum atomic E-state index is -0.0422. The maximum atomic E-state index is 12.1. The number of amides is 1. The molecule has 1 aromatic heterocycles. The highest BCUT2D eigenvalue weighted by Gasteiger charge is 2.10. The Labute approximate surface area is 141 Å². The van der Waals surface area contributed by atoms with E-state index in [9.17, 15) is 4.79 Å². The molecule has 4 heteroatoms. The predicted octanol–water partition coefficient (Wildman–Crippen LogP) is 4.53. The Hall–Kier alpha value is -2.88. The van der Waals surface area contributed by atoms with Crippen LogP contribution in [0, 0.1) is 13.8 Å². The van der Waals surface area contributed by atoms with E-state index in [1.807, 2.05) is 62.4 Å². The van der Waals surface area contributed by atoms with Crippen LogP contribution in [0.1, 0.15) is 23.4 Å². The normalized spacial score (nSPS) is 10.6. The Morgan fingerprint density at radius 1 is 1.08 bits per heavy atom. The van der Waals surface area contributed by atoms with Crippen LogP contribution in [0.3, 0.4) is 0 Å². The van der Waals surface area contributed by atoms with Gasteiger partial charge >= 0.3 is 0 Å². The van der Waals surface area contributed by atoms with Crippen molar-refractivity contribution in [1.29, 1.82) is 0 Å². The SMILES string of the molecule is Cc1ccc(-c2cnc(CCC(=O)Nc3ccccc3C)o2)cc1. The summed E-state index contributed by atoms with van der Waals surface area (Å²) >= 11 is 0. The molecule has 0 fully saturated rings. The van der Waals surface area contributed by atoms with Gasteiger partial charge in [-0.15, -0.1) is 0 Å². The largest absolute Gasteiger partial charge is 0.441 e. The summed E-state index contributed by atoms with van der Waals surface area (Å²) in [5.74, 6) is 1.26. The number of carbonyl (C=O) groups excluding carboxylic acids is 1. The average Bonchev–Trinajstić information content (AvgIpc) is 3.05. The highest BCUT2D eigenvalue weighted by atomic mass is 16.4. The summed E-state index contributed by atoms with van der Waals surface area (Å²) in [6.07, 6.45) is 2.52. The predicted molar refractivity (Wildman–Crippen MR) is 94.8 cm³/mol. The zero-order valence-corrected chi connectivity index (χ0v) is 13.9. The Morgan fingerprint density at radius 2 is 1.83 bits per heavy atom. The number of anilines is 1. The lowest BCUT2D eigenvalue weighted by Gasteiger charge is -2.07. The van der Waals surface area contributed by atoms with Gasteiger partial charge in [-0.2, -0.15) is 0 Å². The monoisotopic (exact) mass is 320 g/mol. The van der Waals surface area contributed by atoms with Gasteiger partial charge in [-0.3, -0.25) is 4.79 Å². The van der Waals surface area contributed by atoms with E-state index in [1.54, 1.807) is 6.20 Å². The first-order valence-electron chi connectivity index (χ1n) is 7.99. The standard InChI is InChI=1S/C20H20N2O2/c1-14-7-9-16(10-8-14)18-13-21-20(24-18)12-11-19(23)22-17-6-4-3-5-15(17)2/h3-10,13H,11-12H2,1-2H3,(H,22,23). The molecule has 1 N–H and O–H groups in total. The van der Waals surface area contributed by atoms with Crippen LogP contribution < -0.4 is 5.32 Å². The smallest absolute Gasteiger partial charge is 0.224 e. The van der Waals surface area contributed by atoms with Crippen LogP contribution in [0.2, 0.25) is 0 Å². The van der Waals surface area contributed by atoms with Crippen molar-refractivity contribution in [2.24, 2.45) is 0 Å². The molecule has 0 aliphatic rings. The topological polar surface area (TPSA) is 55.1 Å². The number of rotatable bonds is 5. The fourth-order valence-electron chi connectivity index (χ4n) is 2.42. The molecule has 1 heterocycles. The first-order chi connectivity index (χ1) is 11.6. The van der Waals surface area contributed by atoms with Gasteiger partial charge in [0.25, 0.3) is 0 Å². The van der Waals surface area contributed by atoms with Gasteiger partial charge in [0.2, 0.25) is 5.91 Å². The van der Waals surface area contributed by atoms with E-state index >= 15 is 0 Å². The fraction of sp³-hybridized carbons (Fsp3) is 0.200. The third-order valence-corrected chi connectivity index (χ3v) is 3.87. The zero-order valence-electron chi connectivity index (χ0n) is 13.9. The van der Waals surface area contributed by atoms with Crippen LogP contribution in [0.5, 0.6) is 0 Å². The van der Waals surface area contributed by atoms with Crippen LogP contribution in [0.4, 0.5) is 5.69 Å². The van der Waals surface area contributed by atoms with Gasteiger partial charge in [0.05, 0.1) is 6.20 Å². The van der Waals surface area contributed by atoms with Gasteiger partial charge < -0.3 is 9.73 Å². The minimum Gasteiger partial charge on any atom is -0.441 e. The lowest BCUT2D eigenvalue weighted by molar-refractivity contribution is -0.116. The lowest BCUT2D eigenvalue weighted by Crippen LogP contribution is -2.13. The molecular weight excluding hydrogens is 300 g/mol. The van der Waals surface area contributed by atoms with Gasteiger partial charge in [-0.25, -0.2) is 4.98 Å². The maximum absolute atomic E-state index is 12.1. The number of aryl methyl sites for hydroxylation is 3. The van der Waals surface area contributed by atoms with Crippen LogP contribution >= 0.6 is 0 Å². The lowest BCUT2D eigenvalue weighted by atomic mass is 10.1. The van der Waals surface area contributed by atoms with Crippen LogP contribution in [-0.4, -0.2) is 10.9 Å². The highest BCUT2D eigenvalue weighted by molar-refractivity contribution is 5.91. The van der Waals surface area contributed by atoms with Crippen LogP contribution in [-0.2, 0) is 11.2 Å². The number of aromatic nitrogens is 1. The summed E-state index contributed by atoms with van der Waals surface area (Å²) in [5.41, 5.74) is 4.08. The molecule has 0 radical (unpaired) electrons. The van der Waals surface area contributed by atoms with Crippen molar-refractivity contribution in [2.75, 3.05) is 5.32 Å². The van der Waals surface area contributed by atoms with Crippen molar-refractivity contribution >= 4 is 11.6 Å². The van der Waals surface area contributed by atoms with Crippen molar-refractivity contribution in [3.63, 3.8) is 0 Å². The van der Waals surface area contributed by atoms with E-state index < -0.39 is 0 Å². The van der Waals surface area contributed by atoms with E-state index in [2.05, 4.69) is 10.3 Å². The zero-order chi connectivity index (χ0) is 16.9. The van der Waals surface area contributed by atoms with Gasteiger partial charge in [0.1, 0.15) is 0 Å². The quantitative estimate of drug-likeness (QED) is 0.751. The van der Waals surface area contributed by atoms with Gasteiger partial charge in [0.15, 0.2) is 11.7 Å². The van der Waals surface area contributed by atoms with E-state index in [0.717, 1.165) is 22.6 Å². The molecule has 3 aromatic rings. The van der Waals surface area contributed by atoms with Gasteiger partial charge in [-0.1, -0.05) is 48.0 Å². The van der Waals surface area contributed by atoms with Crippen molar-refractivity contribution in [2.45, 2.75) is 26.7 Å². The molecular formula is C20H20N2O2. The highest BCUT2D eigenvalue weighted by Crippen LogP contribution is 2.21. The molecule has 122 valence electrons. The number of oxazole rings is 1. The fourth-order valence-corrected chi connectivity index (χ4v) is 2.42. The number of carbonyl (C=O) groups is 1. The molecule has 3 rings (SSSR count). The second-order valence-electron chi connectivity index (χ2n) is 5.85. The summed E-state index contributed by atoms with van der Waals surface area (Å²) in [6.45, 7) is 4.01. The van der Waals surface area contributed by atoms with Gasteiger partial charge in [0, 0.05) is 24.1 Å². The number of hydrogen-bond acceptors (Lipinski definition) is 3. The Bertz CT molecular complexity index is 835. The molecule has 0 atom stereocenters. The first kappa shape index (κ1) is 16.0. The molecule has 1 amide bonds. The molecule has 0 spiro atoms. The molecule has 0 saturated heterocycles. The van der Waals surface area contributed by atoms with Crippen LogP contribution in [0.25, 0.3) is 11.3 Å². The van der Waals surface area contributed by atoms with Gasteiger partial charge in [-0.05, 0) is 25.5 Å². The summed E-state index contributed by atoms with van der Waals surface area (Å²) in [6, 6.07) is 15.8. The molecule has 0 saturated carbocycles. The van der Waals surface area contributed by atoms with E-state index in [1.165, 1.54) is 5.56 Å². The molecule has 0 unspecified atom stereocenters. The van der Waals surface area contributed by atoms with Crippen molar-refractivity contribution in [3.05, 3.63) is 71.7 Å². The van der Waals surface area contributed by atoms with Crippen molar-refractivity contribution in [1.82, 2.24) is 4.98 Å². The number of hydrogen-bond donors (Lipinski definition) is 1. The second-order valence-corrected chi connectivity index (χ2v) is 5.85. The number of nitrogens with one attached hydrogen (secondary N) is 1. The van der Waals surface area contributed by atoms with E-state index in [0.29, 0.717) is 18.7 Å². The number of benzene rings is 2. The maximum Gasteiger partial charge on any atom is 0.224 e. The van der Waals surface area contributed by atoms with E-state index in [4.69, 9.17) is 4.42 Å². The number of nitrogens with zero attached hydrogens (tertiary/aromatic N) is 1. The molecule has 0 aliphatic heterocycles. The second kappa shape index (κ2) is 7.13. The summed E-state index contributed by atoms with van der Waals surface area (Å²) in [7, 11) is 0. The Balaban J connectivity index is 1.58.